The van der Waals surface area contributed by atoms with Crippen molar-refractivity contribution >= 4 is 17.2 Å². The standard InChI is InChI=1S/C13H19NOS/c1-10-4-2-5-11(8-7-10)14-13(15)12-6-3-9-16-12/h3,6,9-11H,2,4-5,7-8H2,1H3,(H,14,15). The normalized spacial score (nSPS) is 26.1. The van der Waals surface area contributed by atoms with E-state index in [1.807, 2.05) is 17.5 Å². The molecule has 0 aliphatic heterocycles. The van der Waals surface area contributed by atoms with E-state index in [2.05, 4.69) is 12.2 Å². The molecule has 1 aliphatic carbocycles. The van der Waals surface area contributed by atoms with E-state index in [1.165, 1.54) is 30.6 Å². The fraction of sp³-hybridized carbons (Fsp3) is 0.615. The van der Waals surface area contributed by atoms with Gasteiger partial charge in [0.2, 0.25) is 0 Å². The van der Waals surface area contributed by atoms with Gasteiger partial charge >= 0.3 is 0 Å². The summed E-state index contributed by atoms with van der Waals surface area (Å²) in [7, 11) is 0. The van der Waals surface area contributed by atoms with E-state index in [9.17, 15) is 4.79 Å². The van der Waals surface area contributed by atoms with Crippen molar-refractivity contribution in [1.82, 2.24) is 5.32 Å². The van der Waals surface area contributed by atoms with Crippen LogP contribution in [0.1, 0.15) is 48.7 Å². The Morgan fingerprint density at radius 3 is 3.00 bits per heavy atom. The number of amides is 1. The van der Waals surface area contributed by atoms with Crippen molar-refractivity contribution in [2.24, 2.45) is 5.92 Å². The van der Waals surface area contributed by atoms with Crippen LogP contribution in [-0.4, -0.2) is 11.9 Å². The van der Waals surface area contributed by atoms with Crippen LogP contribution in [0.25, 0.3) is 0 Å². The van der Waals surface area contributed by atoms with Gasteiger partial charge in [0, 0.05) is 6.04 Å². The van der Waals surface area contributed by atoms with Gasteiger partial charge in [-0.2, -0.15) is 0 Å². The fourth-order valence-electron chi connectivity index (χ4n) is 2.30. The van der Waals surface area contributed by atoms with Gasteiger partial charge in [-0.15, -0.1) is 11.3 Å². The molecule has 1 heterocycles. The zero-order chi connectivity index (χ0) is 11.4. The molecule has 3 heteroatoms. The second kappa shape index (κ2) is 5.48. The quantitative estimate of drug-likeness (QED) is 0.784. The lowest BCUT2D eigenvalue weighted by Crippen LogP contribution is -2.33. The third-order valence-electron chi connectivity index (χ3n) is 3.34. The summed E-state index contributed by atoms with van der Waals surface area (Å²) in [4.78, 5) is 12.7. The molecular formula is C13H19NOS. The molecule has 1 amide bonds. The Morgan fingerprint density at radius 2 is 2.25 bits per heavy atom. The molecule has 2 rings (SSSR count). The Balaban J connectivity index is 1.87. The number of carbonyl (C=O) groups excluding carboxylic acids is 1. The predicted molar refractivity (Wildman–Crippen MR) is 67.8 cm³/mol. The van der Waals surface area contributed by atoms with Crippen LogP contribution in [0.5, 0.6) is 0 Å². The maximum atomic E-state index is 11.9. The number of thiophene rings is 1. The molecule has 1 aromatic rings. The van der Waals surface area contributed by atoms with Crippen LogP contribution in [0.4, 0.5) is 0 Å². The van der Waals surface area contributed by atoms with Gasteiger partial charge in [-0.25, -0.2) is 0 Å². The first-order chi connectivity index (χ1) is 7.75. The van der Waals surface area contributed by atoms with Crippen LogP contribution >= 0.6 is 11.3 Å². The highest BCUT2D eigenvalue weighted by atomic mass is 32.1. The van der Waals surface area contributed by atoms with Crippen molar-refractivity contribution < 1.29 is 4.79 Å². The summed E-state index contributed by atoms with van der Waals surface area (Å²) in [6.45, 7) is 2.31. The van der Waals surface area contributed by atoms with Crippen molar-refractivity contribution in [1.29, 1.82) is 0 Å². The minimum absolute atomic E-state index is 0.106. The van der Waals surface area contributed by atoms with Gasteiger partial charge in [0.25, 0.3) is 5.91 Å². The predicted octanol–water partition coefficient (Wildman–Crippen LogP) is 3.45. The lowest BCUT2D eigenvalue weighted by Gasteiger charge is -2.15. The van der Waals surface area contributed by atoms with Crippen LogP contribution in [0.15, 0.2) is 17.5 Å². The Morgan fingerprint density at radius 1 is 1.38 bits per heavy atom. The second-order valence-corrected chi connectivity index (χ2v) is 5.71. The third-order valence-corrected chi connectivity index (χ3v) is 4.21. The van der Waals surface area contributed by atoms with Crippen LogP contribution < -0.4 is 5.32 Å². The second-order valence-electron chi connectivity index (χ2n) is 4.76. The minimum Gasteiger partial charge on any atom is -0.349 e. The first-order valence-electron chi connectivity index (χ1n) is 6.10. The van der Waals surface area contributed by atoms with E-state index in [0.29, 0.717) is 6.04 Å². The summed E-state index contributed by atoms with van der Waals surface area (Å²) in [5, 5.41) is 5.10. The van der Waals surface area contributed by atoms with Gasteiger partial charge in [-0.3, -0.25) is 4.79 Å². The summed E-state index contributed by atoms with van der Waals surface area (Å²) in [6.07, 6.45) is 6.08. The third kappa shape index (κ3) is 3.08. The van der Waals surface area contributed by atoms with Crippen molar-refractivity contribution in [2.45, 2.75) is 45.1 Å². The Labute approximate surface area is 101 Å². The van der Waals surface area contributed by atoms with Crippen LogP contribution in [0.3, 0.4) is 0 Å². The monoisotopic (exact) mass is 237 g/mol. The highest BCUT2D eigenvalue weighted by Crippen LogP contribution is 2.23. The summed E-state index contributed by atoms with van der Waals surface area (Å²) in [5.74, 6) is 0.929. The highest BCUT2D eigenvalue weighted by molar-refractivity contribution is 7.12. The van der Waals surface area contributed by atoms with Crippen LogP contribution in [0.2, 0.25) is 0 Å². The lowest BCUT2D eigenvalue weighted by atomic mass is 10.0. The maximum absolute atomic E-state index is 11.9. The number of hydrogen-bond donors (Lipinski definition) is 1. The average molecular weight is 237 g/mol. The Hall–Kier alpha value is -0.830. The smallest absolute Gasteiger partial charge is 0.261 e. The fourth-order valence-corrected chi connectivity index (χ4v) is 2.92. The summed E-state index contributed by atoms with van der Waals surface area (Å²) >= 11 is 1.51. The highest BCUT2D eigenvalue weighted by Gasteiger charge is 2.18. The van der Waals surface area contributed by atoms with Crippen molar-refractivity contribution in [3.05, 3.63) is 22.4 Å². The molecule has 2 atom stereocenters. The molecule has 0 aromatic carbocycles. The van der Waals surface area contributed by atoms with E-state index in [-0.39, 0.29) is 5.91 Å². The maximum Gasteiger partial charge on any atom is 0.261 e. The minimum atomic E-state index is 0.106. The molecule has 1 fully saturated rings. The molecule has 0 saturated heterocycles. The summed E-state index contributed by atoms with van der Waals surface area (Å²) in [6, 6.07) is 4.20. The average Bonchev–Trinajstić information content (AvgIpc) is 2.72. The molecule has 1 aliphatic rings. The zero-order valence-electron chi connectivity index (χ0n) is 9.74. The van der Waals surface area contributed by atoms with Gasteiger partial charge in [-0.1, -0.05) is 25.8 Å². The first kappa shape index (κ1) is 11.6. The summed E-state index contributed by atoms with van der Waals surface area (Å²) < 4.78 is 0. The molecular weight excluding hydrogens is 218 g/mol. The van der Waals surface area contributed by atoms with Crippen molar-refractivity contribution in [3.63, 3.8) is 0 Å². The molecule has 2 nitrogen and oxygen atoms in total. The van der Waals surface area contributed by atoms with Crippen LogP contribution in [0, 0.1) is 5.92 Å². The molecule has 1 N–H and O–H groups in total. The van der Waals surface area contributed by atoms with E-state index >= 15 is 0 Å². The van der Waals surface area contributed by atoms with E-state index in [4.69, 9.17) is 0 Å². The molecule has 1 aromatic heterocycles. The molecule has 0 bridgehead atoms. The molecule has 0 spiro atoms. The largest absolute Gasteiger partial charge is 0.349 e. The van der Waals surface area contributed by atoms with Gasteiger partial charge in [-0.05, 0) is 36.6 Å². The number of carbonyl (C=O) groups is 1. The van der Waals surface area contributed by atoms with Gasteiger partial charge in [0.1, 0.15) is 0 Å². The van der Waals surface area contributed by atoms with Gasteiger partial charge in [0.05, 0.1) is 4.88 Å². The van der Waals surface area contributed by atoms with Crippen molar-refractivity contribution in [2.75, 3.05) is 0 Å². The molecule has 16 heavy (non-hydrogen) atoms. The Bertz CT molecular complexity index is 334. The topological polar surface area (TPSA) is 29.1 Å². The Kier molecular flexibility index (Phi) is 3.99. The van der Waals surface area contributed by atoms with E-state index in [1.54, 1.807) is 0 Å². The van der Waals surface area contributed by atoms with Crippen LogP contribution in [-0.2, 0) is 0 Å². The zero-order valence-corrected chi connectivity index (χ0v) is 10.6. The van der Waals surface area contributed by atoms with Crippen molar-refractivity contribution in [3.8, 4) is 0 Å². The molecule has 0 radical (unpaired) electrons. The lowest BCUT2D eigenvalue weighted by molar-refractivity contribution is 0.0937. The number of nitrogens with one attached hydrogen (secondary N) is 1. The van der Waals surface area contributed by atoms with Gasteiger partial charge < -0.3 is 5.32 Å². The summed E-state index contributed by atoms with van der Waals surface area (Å²) in [5.41, 5.74) is 0. The molecule has 88 valence electrons. The van der Waals surface area contributed by atoms with E-state index < -0.39 is 0 Å². The first-order valence-corrected chi connectivity index (χ1v) is 6.98. The SMILES string of the molecule is CC1CCCC(NC(=O)c2cccs2)CC1. The molecule has 1 saturated carbocycles. The molecule has 2 unspecified atom stereocenters. The van der Waals surface area contributed by atoms with E-state index in [0.717, 1.165) is 23.6 Å². The number of rotatable bonds is 2. The number of hydrogen-bond acceptors (Lipinski definition) is 2. The van der Waals surface area contributed by atoms with Gasteiger partial charge in [0.15, 0.2) is 0 Å².